The lowest BCUT2D eigenvalue weighted by Crippen LogP contribution is -2.27. The van der Waals surface area contributed by atoms with Gasteiger partial charge >= 0.3 is 0 Å². The summed E-state index contributed by atoms with van der Waals surface area (Å²) in [4.78, 5) is 23.3. The van der Waals surface area contributed by atoms with Crippen LogP contribution in [-0.4, -0.2) is 30.1 Å². The molecule has 3 rings (SSSR count). The van der Waals surface area contributed by atoms with Crippen LogP contribution in [0.25, 0.3) is 11.0 Å². The number of hydrogen-bond acceptors (Lipinski definition) is 5. The normalized spacial score (nSPS) is 10.7. The number of nitrogens with two attached hydrogens (primary N) is 1. The molecule has 0 radical (unpaired) electrons. The van der Waals surface area contributed by atoms with Gasteiger partial charge in [-0.25, -0.2) is 0 Å². The van der Waals surface area contributed by atoms with E-state index < -0.39 is 11.8 Å². The van der Waals surface area contributed by atoms with E-state index in [4.69, 9.17) is 26.5 Å². The van der Waals surface area contributed by atoms with Crippen LogP contribution in [0.1, 0.15) is 26.5 Å². The average Bonchev–Trinajstić information content (AvgIpc) is 3.09. The standard InChI is InChI=1S/C19H17ClN2O5/c1-10-2-4-13(20)17-12(10)9-16(27-17)19(25)22-6-7-26-15-5-3-11(18(21)24)8-14(15)23/h2-5,8-9,23H,6-7H2,1H3,(H2,21,24)(H,22,25). The number of aromatic hydroxyl groups is 1. The maximum Gasteiger partial charge on any atom is 0.287 e. The average molecular weight is 389 g/mol. The first kappa shape index (κ1) is 18.6. The van der Waals surface area contributed by atoms with E-state index in [0.29, 0.717) is 10.6 Å². The van der Waals surface area contributed by atoms with Crippen LogP contribution in [0.2, 0.25) is 5.02 Å². The van der Waals surface area contributed by atoms with Gasteiger partial charge in [-0.05, 0) is 42.8 Å². The van der Waals surface area contributed by atoms with Crippen molar-refractivity contribution in [1.29, 1.82) is 0 Å². The quantitative estimate of drug-likeness (QED) is 0.561. The van der Waals surface area contributed by atoms with Crippen LogP contribution in [0.15, 0.2) is 40.8 Å². The molecular weight excluding hydrogens is 372 g/mol. The fourth-order valence-corrected chi connectivity index (χ4v) is 2.75. The number of aryl methyl sites for hydroxylation is 1. The molecule has 8 heteroatoms. The summed E-state index contributed by atoms with van der Waals surface area (Å²) in [6.07, 6.45) is 0. The summed E-state index contributed by atoms with van der Waals surface area (Å²) in [6.45, 7) is 2.19. The maximum atomic E-state index is 12.2. The topological polar surface area (TPSA) is 115 Å². The third kappa shape index (κ3) is 3.98. The summed E-state index contributed by atoms with van der Waals surface area (Å²) in [5.41, 5.74) is 6.73. The zero-order valence-corrected chi connectivity index (χ0v) is 15.2. The molecule has 3 aromatic rings. The number of primary amides is 1. The van der Waals surface area contributed by atoms with Gasteiger partial charge in [0, 0.05) is 10.9 Å². The van der Waals surface area contributed by atoms with Gasteiger partial charge in [0.1, 0.15) is 6.61 Å². The number of phenols is 1. The number of amides is 2. The summed E-state index contributed by atoms with van der Waals surface area (Å²) in [5.74, 6) is -0.931. The predicted molar refractivity (Wildman–Crippen MR) is 100 cm³/mol. The van der Waals surface area contributed by atoms with E-state index in [1.807, 2.05) is 13.0 Å². The van der Waals surface area contributed by atoms with Gasteiger partial charge in [0.15, 0.2) is 22.8 Å². The lowest BCUT2D eigenvalue weighted by atomic mass is 10.1. The molecule has 27 heavy (non-hydrogen) atoms. The number of benzene rings is 2. The molecule has 0 bridgehead atoms. The smallest absolute Gasteiger partial charge is 0.287 e. The molecule has 4 N–H and O–H groups in total. The SMILES string of the molecule is Cc1ccc(Cl)c2oc(C(=O)NCCOc3ccc(C(N)=O)cc3O)cc12. The van der Waals surface area contributed by atoms with Gasteiger partial charge in [-0.1, -0.05) is 17.7 Å². The van der Waals surface area contributed by atoms with Crippen molar-refractivity contribution in [2.75, 3.05) is 13.2 Å². The van der Waals surface area contributed by atoms with Gasteiger partial charge in [0.05, 0.1) is 11.6 Å². The highest BCUT2D eigenvalue weighted by Gasteiger charge is 2.15. The summed E-state index contributed by atoms with van der Waals surface area (Å²) < 4.78 is 10.9. The minimum Gasteiger partial charge on any atom is -0.504 e. The molecule has 2 aromatic carbocycles. The zero-order valence-electron chi connectivity index (χ0n) is 14.4. The van der Waals surface area contributed by atoms with Gasteiger partial charge in [-0.15, -0.1) is 0 Å². The third-order valence-electron chi connectivity index (χ3n) is 3.97. The van der Waals surface area contributed by atoms with E-state index in [9.17, 15) is 14.7 Å². The minimum atomic E-state index is -0.648. The van der Waals surface area contributed by atoms with Gasteiger partial charge in [-0.3, -0.25) is 9.59 Å². The number of phenolic OH excluding ortho intramolecular Hbond substituents is 1. The second-order valence-electron chi connectivity index (χ2n) is 5.87. The highest BCUT2D eigenvalue weighted by molar-refractivity contribution is 6.35. The van der Waals surface area contributed by atoms with Gasteiger partial charge in [0.2, 0.25) is 5.91 Å². The Morgan fingerprint density at radius 2 is 2.04 bits per heavy atom. The Morgan fingerprint density at radius 3 is 2.70 bits per heavy atom. The molecule has 0 saturated heterocycles. The van der Waals surface area contributed by atoms with E-state index in [-0.39, 0.29) is 36.0 Å². The lowest BCUT2D eigenvalue weighted by molar-refractivity contribution is 0.0920. The molecule has 0 unspecified atom stereocenters. The minimum absolute atomic E-state index is 0.106. The largest absolute Gasteiger partial charge is 0.504 e. The highest BCUT2D eigenvalue weighted by Crippen LogP contribution is 2.29. The van der Waals surface area contributed by atoms with Gasteiger partial charge < -0.3 is 25.3 Å². The van der Waals surface area contributed by atoms with Crippen molar-refractivity contribution < 1.29 is 23.8 Å². The Bertz CT molecular complexity index is 989. The Labute approximate surface area is 159 Å². The Hall–Kier alpha value is -3.19. The number of ether oxygens (including phenoxy) is 1. The van der Waals surface area contributed by atoms with Crippen molar-refractivity contribution in [3.8, 4) is 11.5 Å². The van der Waals surface area contributed by atoms with Crippen molar-refractivity contribution in [1.82, 2.24) is 5.32 Å². The molecule has 0 aliphatic heterocycles. The van der Waals surface area contributed by atoms with Crippen molar-refractivity contribution in [2.24, 2.45) is 5.73 Å². The zero-order chi connectivity index (χ0) is 19.6. The molecule has 2 amide bonds. The van der Waals surface area contributed by atoms with E-state index in [2.05, 4.69) is 5.32 Å². The molecule has 0 atom stereocenters. The van der Waals surface area contributed by atoms with Crippen molar-refractivity contribution in [3.63, 3.8) is 0 Å². The predicted octanol–water partition coefficient (Wildman–Crippen LogP) is 3.01. The fraction of sp³-hybridized carbons (Fsp3) is 0.158. The first-order valence-corrected chi connectivity index (χ1v) is 8.47. The lowest BCUT2D eigenvalue weighted by Gasteiger charge is -2.09. The third-order valence-corrected chi connectivity index (χ3v) is 4.26. The van der Waals surface area contributed by atoms with Crippen LogP contribution in [-0.2, 0) is 0 Å². The van der Waals surface area contributed by atoms with Crippen LogP contribution >= 0.6 is 11.6 Å². The molecule has 0 aliphatic rings. The Kier molecular flexibility index (Phi) is 5.23. The van der Waals surface area contributed by atoms with Gasteiger partial charge in [0.25, 0.3) is 5.91 Å². The molecule has 1 heterocycles. The van der Waals surface area contributed by atoms with E-state index >= 15 is 0 Å². The number of hydrogen-bond donors (Lipinski definition) is 3. The molecule has 140 valence electrons. The number of nitrogens with one attached hydrogen (secondary N) is 1. The number of fused-ring (bicyclic) bond motifs is 1. The van der Waals surface area contributed by atoms with Crippen LogP contribution in [0.5, 0.6) is 11.5 Å². The van der Waals surface area contributed by atoms with E-state index in [1.165, 1.54) is 18.2 Å². The number of furan rings is 1. The van der Waals surface area contributed by atoms with Crippen LogP contribution in [0.3, 0.4) is 0 Å². The van der Waals surface area contributed by atoms with E-state index in [0.717, 1.165) is 10.9 Å². The monoisotopic (exact) mass is 388 g/mol. The van der Waals surface area contributed by atoms with Crippen LogP contribution in [0, 0.1) is 6.92 Å². The van der Waals surface area contributed by atoms with Gasteiger partial charge in [-0.2, -0.15) is 0 Å². The second kappa shape index (κ2) is 7.59. The Morgan fingerprint density at radius 1 is 1.26 bits per heavy atom. The summed E-state index contributed by atoms with van der Waals surface area (Å²) in [7, 11) is 0. The Balaban J connectivity index is 1.58. The number of carbonyl (C=O) groups excluding carboxylic acids is 2. The molecule has 0 saturated carbocycles. The number of halogens is 1. The van der Waals surface area contributed by atoms with Crippen molar-refractivity contribution in [2.45, 2.75) is 6.92 Å². The van der Waals surface area contributed by atoms with Crippen molar-refractivity contribution >= 4 is 34.4 Å². The molecule has 0 spiro atoms. The van der Waals surface area contributed by atoms with Crippen molar-refractivity contribution in [3.05, 3.63) is 58.3 Å². The molecule has 0 fully saturated rings. The summed E-state index contributed by atoms with van der Waals surface area (Å²) >= 11 is 6.09. The second-order valence-corrected chi connectivity index (χ2v) is 6.28. The number of rotatable bonds is 6. The fourth-order valence-electron chi connectivity index (χ4n) is 2.54. The molecule has 1 aromatic heterocycles. The number of carbonyl (C=O) groups is 2. The first-order valence-electron chi connectivity index (χ1n) is 8.09. The van der Waals surface area contributed by atoms with Crippen LogP contribution < -0.4 is 15.8 Å². The molecule has 0 aliphatic carbocycles. The van der Waals surface area contributed by atoms with Crippen LogP contribution in [0.4, 0.5) is 0 Å². The summed E-state index contributed by atoms with van der Waals surface area (Å²) in [6, 6.07) is 9.30. The first-order chi connectivity index (χ1) is 12.9. The highest BCUT2D eigenvalue weighted by atomic mass is 35.5. The summed E-state index contributed by atoms with van der Waals surface area (Å²) in [5, 5.41) is 13.7. The van der Waals surface area contributed by atoms with E-state index in [1.54, 1.807) is 12.1 Å². The molecule has 7 nitrogen and oxygen atoms in total. The molecular formula is C19H17ClN2O5. The maximum absolute atomic E-state index is 12.2.